The number of aliphatic hydroxyl groups is 1. The Labute approximate surface area is 176 Å². The number of ether oxygens (including phenoxy) is 1. The number of pyridine rings is 1. The van der Waals surface area contributed by atoms with Gasteiger partial charge in [0.1, 0.15) is 29.4 Å². The van der Waals surface area contributed by atoms with E-state index in [9.17, 15) is 4.79 Å². The number of benzene rings is 1. The fourth-order valence-corrected chi connectivity index (χ4v) is 3.80. The zero-order valence-corrected chi connectivity index (χ0v) is 16.8. The van der Waals surface area contributed by atoms with Crippen LogP contribution in [0.2, 0.25) is 5.02 Å². The number of carbonyl (C=O) groups is 1. The maximum atomic E-state index is 12.6. The van der Waals surface area contributed by atoms with Gasteiger partial charge in [0, 0.05) is 28.7 Å². The van der Waals surface area contributed by atoms with Gasteiger partial charge in [-0.25, -0.2) is 4.98 Å². The van der Waals surface area contributed by atoms with Crippen LogP contribution in [0, 0.1) is 0 Å². The van der Waals surface area contributed by atoms with Gasteiger partial charge in [0.2, 0.25) is 0 Å². The Bertz CT molecular complexity index is 1080. The van der Waals surface area contributed by atoms with Crippen molar-refractivity contribution in [1.82, 2.24) is 9.97 Å². The van der Waals surface area contributed by atoms with E-state index >= 15 is 0 Å². The normalized spacial score (nSPS) is 13.0. The molecular formula is C20H17ClN4O3S. The van der Waals surface area contributed by atoms with Crippen molar-refractivity contribution in [2.45, 2.75) is 6.42 Å². The fraction of sp³-hybridized carbons (Fsp3) is 0.200. The monoisotopic (exact) mass is 428 g/mol. The third-order valence-electron chi connectivity index (χ3n) is 4.20. The average molecular weight is 429 g/mol. The van der Waals surface area contributed by atoms with Crippen LogP contribution in [0.1, 0.15) is 16.8 Å². The summed E-state index contributed by atoms with van der Waals surface area (Å²) in [7, 11) is 0. The second-order valence-electron chi connectivity index (χ2n) is 6.27. The predicted octanol–water partition coefficient (Wildman–Crippen LogP) is 4.00. The molecule has 0 saturated carbocycles. The first-order valence-corrected chi connectivity index (χ1v) is 10.2. The molecule has 4 rings (SSSR count). The van der Waals surface area contributed by atoms with E-state index in [0.29, 0.717) is 50.8 Å². The van der Waals surface area contributed by atoms with Crippen LogP contribution in [-0.2, 0) is 0 Å². The van der Waals surface area contributed by atoms with Gasteiger partial charge in [-0.15, -0.1) is 11.3 Å². The number of aliphatic imine (C=N–C) groups is 1. The number of fused-ring (bicyclic) bond motifs is 1. The van der Waals surface area contributed by atoms with Crippen LogP contribution in [0.5, 0.6) is 5.75 Å². The van der Waals surface area contributed by atoms with Crippen LogP contribution >= 0.6 is 22.9 Å². The molecule has 29 heavy (non-hydrogen) atoms. The molecule has 0 atom stereocenters. The summed E-state index contributed by atoms with van der Waals surface area (Å²) < 4.78 is 5.75. The lowest BCUT2D eigenvalue weighted by molar-refractivity contribution is 0.0998. The Morgan fingerprint density at radius 2 is 2.21 bits per heavy atom. The number of anilines is 1. The van der Waals surface area contributed by atoms with Crippen LogP contribution in [0.3, 0.4) is 0 Å². The first-order chi connectivity index (χ1) is 14.1. The molecule has 0 amide bonds. The number of nitrogens with zero attached hydrogens (tertiary/aromatic N) is 3. The van der Waals surface area contributed by atoms with Crippen LogP contribution < -0.4 is 10.1 Å². The standard InChI is InChI=1S/C20H17ClN4O3S/c21-12-2-1-3-14(8-12)28-10-13-9-17(27)15-4-5-22-19(18(15)24-13)16-11-29-20(25-16)23-6-7-26/h1-5,8,11,26H,6-7,9-10H2,(H,23,25). The predicted molar refractivity (Wildman–Crippen MR) is 114 cm³/mol. The van der Waals surface area contributed by atoms with Crippen LogP contribution in [0.4, 0.5) is 10.8 Å². The number of nitrogens with one attached hydrogen (secondary N) is 1. The minimum Gasteiger partial charge on any atom is -0.488 e. The van der Waals surface area contributed by atoms with Gasteiger partial charge >= 0.3 is 0 Å². The van der Waals surface area contributed by atoms with Crippen LogP contribution in [0.25, 0.3) is 11.4 Å². The minimum absolute atomic E-state index is 0.0165. The molecule has 7 nitrogen and oxygen atoms in total. The number of Topliss-reactive ketones (excluding diaryl/α,β-unsaturated/α-hetero) is 1. The third kappa shape index (κ3) is 4.45. The number of hydrogen-bond donors (Lipinski definition) is 2. The summed E-state index contributed by atoms with van der Waals surface area (Å²) in [6, 6.07) is 8.75. The second-order valence-corrected chi connectivity index (χ2v) is 7.56. The quantitative estimate of drug-likeness (QED) is 0.590. The van der Waals surface area contributed by atoms with E-state index in [1.165, 1.54) is 11.3 Å². The number of ketones is 1. The van der Waals surface area contributed by atoms with Crippen molar-refractivity contribution in [2.24, 2.45) is 4.99 Å². The topological polar surface area (TPSA) is 96.7 Å². The molecule has 3 heterocycles. The first-order valence-electron chi connectivity index (χ1n) is 8.91. The van der Waals surface area contributed by atoms with E-state index in [0.717, 1.165) is 0 Å². The smallest absolute Gasteiger partial charge is 0.183 e. The van der Waals surface area contributed by atoms with Crippen molar-refractivity contribution in [2.75, 3.05) is 25.1 Å². The molecule has 148 valence electrons. The van der Waals surface area contributed by atoms with Crippen molar-refractivity contribution in [3.8, 4) is 17.1 Å². The van der Waals surface area contributed by atoms with Gasteiger partial charge < -0.3 is 15.2 Å². The SMILES string of the molecule is O=C1CC(COc2cccc(Cl)c2)=Nc2c1ccnc2-c1csc(NCCO)n1. The molecule has 0 aliphatic carbocycles. The summed E-state index contributed by atoms with van der Waals surface area (Å²) in [4.78, 5) is 26.2. The molecular weight excluding hydrogens is 412 g/mol. The highest BCUT2D eigenvalue weighted by atomic mass is 35.5. The zero-order chi connectivity index (χ0) is 20.2. The van der Waals surface area contributed by atoms with Crippen LogP contribution in [-0.4, -0.2) is 46.3 Å². The molecule has 0 unspecified atom stereocenters. The summed E-state index contributed by atoms with van der Waals surface area (Å²) in [5, 5.41) is 15.1. The second kappa shape index (κ2) is 8.69. The number of aliphatic hydroxyl groups excluding tert-OH is 1. The van der Waals surface area contributed by atoms with Crippen LogP contribution in [0.15, 0.2) is 46.9 Å². The summed E-state index contributed by atoms with van der Waals surface area (Å²) in [6.45, 7) is 0.609. The average Bonchev–Trinajstić information content (AvgIpc) is 3.19. The lowest BCUT2D eigenvalue weighted by Crippen LogP contribution is -2.20. The highest BCUT2D eigenvalue weighted by Crippen LogP contribution is 2.36. The summed E-state index contributed by atoms with van der Waals surface area (Å²) >= 11 is 7.38. The van der Waals surface area contributed by atoms with Gasteiger partial charge in [-0.2, -0.15) is 0 Å². The van der Waals surface area contributed by atoms with Crippen molar-refractivity contribution < 1.29 is 14.6 Å². The number of hydrogen-bond acceptors (Lipinski definition) is 8. The van der Waals surface area contributed by atoms with Crippen molar-refractivity contribution in [1.29, 1.82) is 0 Å². The number of aromatic nitrogens is 2. The van der Waals surface area contributed by atoms with Gasteiger partial charge in [0.15, 0.2) is 10.9 Å². The Hall–Kier alpha value is -2.81. The Balaban J connectivity index is 1.61. The molecule has 0 saturated heterocycles. The van der Waals surface area contributed by atoms with Crippen molar-refractivity contribution >= 4 is 45.3 Å². The van der Waals surface area contributed by atoms with Gasteiger partial charge in [-0.1, -0.05) is 17.7 Å². The molecule has 3 aromatic rings. The number of carbonyl (C=O) groups excluding carboxylic acids is 1. The molecule has 2 aromatic heterocycles. The molecule has 1 aliphatic heterocycles. The Kier molecular flexibility index (Phi) is 5.84. The largest absolute Gasteiger partial charge is 0.488 e. The number of rotatable bonds is 7. The van der Waals surface area contributed by atoms with Crippen molar-refractivity contribution in [3.05, 3.63) is 52.5 Å². The van der Waals surface area contributed by atoms with Gasteiger partial charge in [-0.05, 0) is 24.3 Å². The van der Waals surface area contributed by atoms with Gasteiger partial charge in [-0.3, -0.25) is 14.8 Å². The maximum absolute atomic E-state index is 12.6. The van der Waals surface area contributed by atoms with Gasteiger partial charge in [0.05, 0.1) is 18.7 Å². The van der Waals surface area contributed by atoms with Gasteiger partial charge in [0.25, 0.3) is 0 Å². The molecule has 1 aliphatic rings. The Morgan fingerprint density at radius 1 is 1.31 bits per heavy atom. The first kappa shape index (κ1) is 19.5. The minimum atomic E-state index is -0.0304. The molecule has 0 spiro atoms. The molecule has 1 aromatic carbocycles. The lowest BCUT2D eigenvalue weighted by atomic mass is 9.99. The highest BCUT2D eigenvalue weighted by Gasteiger charge is 2.24. The van der Waals surface area contributed by atoms with E-state index in [1.54, 1.807) is 36.5 Å². The Morgan fingerprint density at radius 3 is 3.03 bits per heavy atom. The number of thiazole rings is 1. The molecule has 0 fully saturated rings. The van der Waals surface area contributed by atoms with E-state index < -0.39 is 0 Å². The molecule has 0 bridgehead atoms. The molecule has 9 heteroatoms. The third-order valence-corrected chi connectivity index (χ3v) is 5.23. The van der Waals surface area contributed by atoms with E-state index in [2.05, 4.69) is 20.3 Å². The maximum Gasteiger partial charge on any atom is 0.183 e. The zero-order valence-electron chi connectivity index (χ0n) is 15.3. The summed E-state index contributed by atoms with van der Waals surface area (Å²) in [5.41, 5.74) is 2.82. The fourth-order valence-electron chi connectivity index (χ4n) is 2.89. The molecule has 0 radical (unpaired) electrons. The van der Waals surface area contributed by atoms with Crippen molar-refractivity contribution in [3.63, 3.8) is 0 Å². The highest BCUT2D eigenvalue weighted by molar-refractivity contribution is 7.14. The summed E-state index contributed by atoms with van der Waals surface area (Å²) in [6.07, 6.45) is 1.78. The van der Waals surface area contributed by atoms with E-state index in [1.807, 2.05) is 5.38 Å². The van der Waals surface area contributed by atoms with E-state index in [-0.39, 0.29) is 25.4 Å². The lowest BCUT2D eigenvalue weighted by Gasteiger charge is -2.17. The molecule has 2 N–H and O–H groups in total. The van der Waals surface area contributed by atoms with E-state index in [4.69, 9.17) is 21.4 Å². The summed E-state index contributed by atoms with van der Waals surface area (Å²) in [5.74, 6) is 0.584. The number of halogens is 1.